The third-order valence-electron chi connectivity index (χ3n) is 3.25. The van der Waals surface area contributed by atoms with Crippen molar-refractivity contribution in [2.24, 2.45) is 0 Å². The van der Waals surface area contributed by atoms with Crippen molar-refractivity contribution in [1.82, 2.24) is 5.32 Å². The number of hydrogen-bond donors (Lipinski definition) is 1. The molecule has 0 heterocycles. The highest BCUT2D eigenvalue weighted by Gasteiger charge is 2.15. The highest BCUT2D eigenvalue weighted by Crippen LogP contribution is 2.30. The van der Waals surface area contributed by atoms with Crippen molar-refractivity contribution in [1.29, 1.82) is 0 Å². The third kappa shape index (κ3) is 5.07. The molecule has 0 spiro atoms. The summed E-state index contributed by atoms with van der Waals surface area (Å²) in [6.45, 7) is 0.368. The summed E-state index contributed by atoms with van der Waals surface area (Å²) in [4.78, 5) is 12.2. The first-order chi connectivity index (χ1) is 12.2. The lowest BCUT2D eigenvalue weighted by molar-refractivity contribution is 0.0955. The fourth-order valence-corrected chi connectivity index (χ4v) is 2.27. The van der Waals surface area contributed by atoms with Gasteiger partial charge in [0, 0.05) is 0 Å². The summed E-state index contributed by atoms with van der Waals surface area (Å²) in [5.41, 5.74) is 0.385. The first-order valence-corrected chi connectivity index (χ1v) is 7.87. The van der Waals surface area contributed by atoms with Crippen LogP contribution in [0.15, 0.2) is 42.5 Å². The monoisotopic (exact) mass is 359 g/mol. The summed E-state index contributed by atoms with van der Waals surface area (Å²) in [6, 6.07) is 12.3. The predicted octanol–water partition coefficient (Wildman–Crippen LogP) is 3.17. The van der Waals surface area contributed by atoms with Gasteiger partial charge in [-0.3, -0.25) is 4.79 Å². The second kappa shape index (κ2) is 9.45. The molecule has 0 aromatic heterocycles. The number of hydrogen-bond acceptors (Lipinski definition) is 4. The first-order valence-electron chi connectivity index (χ1n) is 7.49. The summed E-state index contributed by atoms with van der Waals surface area (Å²) in [6.07, 6.45) is 0. The lowest BCUT2D eigenvalue weighted by Crippen LogP contribution is -2.24. The van der Waals surface area contributed by atoms with Gasteiger partial charge in [-0.2, -0.15) is 0 Å². The first kappa shape index (κ1) is 18.5. The smallest absolute Gasteiger partial charge is 0.255 e. The molecule has 1 amide bonds. The standard InChI is InChI=1S/C19H18ClNO4/c1-23-17-11-7-8-14(18(17)24-2)19(22)21-12-5-6-13-25-16-10-4-3-9-15(16)20/h3-4,7-11H,12-13H2,1-2H3,(H,21,22). The SMILES string of the molecule is COc1cccc(C(=O)NCC#CCOc2ccccc2Cl)c1OC. The molecule has 0 aliphatic rings. The summed E-state index contributed by atoms with van der Waals surface area (Å²) in [5, 5.41) is 3.24. The van der Waals surface area contributed by atoms with Crippen LogP contribution in [0.2, 0.25) is 5.02 Å². The van der Waals surface area contributed by atoms with Gasteiger partial charge >= 0.3 is 0 Å². The van der Waals surface area contributed by atoms with Crippen LogP contribution in [0.4, 0.5) is 0 Å². The van der Waals surface area contributed by atoms with E-state index in [9.17, 15) is 4.79 Å². The van der Waals surface area contributed by atoms with Gasteiger partial charge in [0.05, 0.1) is 31.4 Å². The molecule has 0 saturated heterocycles. The van der Waals surface area contributed by atoms with Crippen LogP contribution in [0, 0.1) is 11.8 Å². The van der Waals surface area contributed by atoms with Crippen molar-refractivity contribution in [3.8, 4) is 29.1 Å². The Morgan fingerprint density at radius 2 is 1.80 bits per heavy atom. The minimum absolute atomic E-state index is 0.183. The molecule has 2 rings (SSSR count). The summed E-state index contributed by atoms with van der Waals surface area (Å²) in [7, 11) is 3.00. The number of rotatable bonds is 6. The lowest BCUT2D eigenvalue weighted by atomic mass is 10.1. The van der Waals surface area contributed by atoms with Crippen molar-refractivity contribution in [2.45, 2.75) is 0 Å². The summed E-state index contributed by atoms with van der Waals surface area (Å²) < 4.78 is 15.9. The van der Waals surface area contributed by atoms with Gasteiger partial charge in [-0.1, -0.05) is 41.6 Å². The van der Waals surface area contributed by atoms with E-state index in [4.69, 9.17) is 25.8 Å². The highest BCUT2D eigenvalue weighted by molar-refractivity contribution is 6.32. The van der Waals surface area contributed by atoms with Crippen LogP contribution in [-0.2, 0) is 0 Å². The molecule has 1 N–H and O–H groups in total. The molecular weight excluding hydrogens is 342 g/mol. The van der Waals surface area contributed by atoms with Gasteiger partial charge < -0.3 is 19.5 Å². The molecule has 0 radical (unpaired) electrons. The molecule has 0 unspecified atom stereocenters. The van der Waals surface area contributed by atoms with E-state index in [0.717, 1.165) is 0 Å². The van der Waals surface area contributed by atoms with Gasteiger partial charge in [0.15, 0.2) is 11.5 Å². The molecule has 25 heavy (non-hydrogen) atoms. The Morgan fingerprint density at radius 1 is 1.04 bits per heavy atom. The van der Waals surface area contributed by atoms with Crippen LogP contribution in [0.3, 0.4) is 0 Å². The van der Waals surface area contributed by atoms with E-state index in [0.29, 0.717) is 27.8 Å². The Balaban J connectivity index is 1.87. The summed E-state index contributed by atoms with van der Waals surface area (Å²) >= 11 is 5.97. The third-order valence-corrected chi connectivity index (χ3v) is 3.56. The minimum Gasteiger partial charge on any atom is -0.493 e. The van der Waals surface area contributed by atoms with E-state index in [-0.39, 0.29) is 19.1 Å². The van der Waals surface area contributed by atoms with Gasteiger partial charge in [0.1, 0.15) is 12.4 Å². The largest absolute Gasteiger partial charge is 0.493 e. The number of amides is 1. The Morgan fingerprint density at radius 3 is 2.52 bits per heavy atom. The molecule has 0 atom stereocenters. The average Bonchev–Trinajstić information content (AvgIpc) is 2.64. The maximum absolute atomic E-state index is 12.2. The van der Waals surface area contributed by atoms with Crippen molar-refractivity contribution < 1.29 is 19.0 Å². The van der Waals surface area contributed by atoms with Crippen LogP contribution in [0.5, 0.6) is 17.2 Å². The van der Waals surface area contributed by atoms with Crippen LogP contribution in [0.1, 0.15) is 10.4 Å². The zero-order valence-corrected chi connectivity index (χ0v) is 14.7. The van der Waals surface area contributed by atoms with Crippen LogP contribution in [0.25, 0.3) is 0 Å². The summed E-state index contributed by atoms with van der Waals surface area (Å²) in [5.74, 6) is 6.80. The van der Waals surface area contributed by atoms with Crippen molar-refractivity contribution in [3.05, 3.63) is 53.1 Å². The van der Waals surface area contributed by atoms with Crippen LogP contribution >= 0.6 is 11.6 Å². The topological polar surface area (TPSA) is 56.8 Å². The number of methoxy groups -OCH3 is 2. The van der Waals surface area contributed by atoms with E-state index >= 15 is 0 Å². The van der Waals surface area contributed by atoms with E-state index in [2.05, 4.69) is 17.2 Å². The maximum atomic E-state index is 12.2. The molecule has 0 aliphatic heterocycles. The van der Waals surface area contributed by atoms with Gasteiger partial charge in [0.25, 0.3) is 5.91 Å². The number of halogens is 1. The Hall–Kier alpha value is -2.84. The van der Waals surface area contributed by atoms with Crippen molar-refractivity contribution in [2.75, 3.05) is 27.4 Å². The molecule has 6 heteroatoms. The normalized spacial score (nSPS) is 9.56. The van der Waals surface area contributed by atoms with Crippen molar-refractivity contribution >= 4 is 17.5 Å². The quantitative estimate of drug-likeness (QED) is 0.805. The number of carbonyl (C=O) groups excluding carboxylic acids is 1. The average molecular weight is 360 g/mol. The lowest BCUT2D eigenvalue weighted by Gasteiger charge is -2.11. The molecule has 0 saturated carbocycles. The van der Waals surface area contributed by atoms with E-state index in [1.165, 1.54) is 14.2 Å². The van der Waals surface area contributed by atoms with E-state index < -0.39 is 0 Å². The number of ether oxygens (including phenoxy) is 3. The second-order valence-electron chi connectivity index (χ2n) is 4.80. The van der Waals surface area contributed by atoms with Gasteiger partial charge in [-0.15, -0.1) is 0 Å². The molecule has 5 nitrogen and oxygen atoms in total. The fourth-order valence-electron chi connectivity index (χ4n) is 2.07. The maximum Gasteiger partial charge on any atom is 0.255 e. The van der Waals surface area contributed by atoms with Gasteiger partial charge in [-0.05, 0) is 24.3 Å². The van der Waals surface area contributed by atoms with E-state index in [1.54, 1.807) is 30.3 Å². The molecule has 2 aromatic rings. The van der Waals surface area contributed by atoms with Gasteiger partial charge in [-0.25, -0.2) is 0 Å². The Labute approximate surface area is 151 Å². The Kier molecular flexibility index (Phi) is 7.00. The van der Waals surface area contributed by atoms with Crippen LogP contribution < -0.4 is 19.5 Å². The van der Waals surface area contributed by atoms with Crippen LogP contribution in [-0.4, -0.2) is 33.3 Å². The highest BCUT2D eigenvalue weighted by atomic mass is 35.5. The Bertz CT molecular complexity index is 795. The van der Waals surface area contributed by atoms with Gasteiger partial charge in [0.2, 0.25) is 0 Å². The predicted molar refractivity (Wildman–Crippen MR) is 96.6 cm³/mol. The van der Waals surface area contributed by atoms with E-state index in [1.807, 2.05) is 12.1 Å². The molecule has 0 aliphatic carbocycles. The molecular formula is C19H18ClNO4. The zero-order valence-electron chi connectivity index (χ0n) is 14.0. The number of carbonyl (C=O) groups is 1. The molecule has 0 bridgehead atoms. The number of nitrogens with one attached hydrogen (secondary N) is 1. The molecule has 0 fully saturated rings. The fraction of sp³-hybridized carbons (Fsp3) is 0.211. The molecule has 2 aromatic carbocycles. The number of benzene rings is 2. The minimum atomic E-state index is -0.294. The van der Waals surface area contributed by atoms with Crippen molar-refractivity contribution in [3.63, 3.8) is 0 Å². The zero-order chi connectivity index (χ0) is 18.1. The second-order valence-corrected chi connectivity index (χ2v) is 5.20. The number of para-hydroxylation sites is 2. The molecule has 130 valence electrons.